The van der Waals surface area contributed by atoms with Crippen molar-refractivity contribution >= 4 is 11.6 Å². The van der Waals surface area contributed by atoms with E-state index in [1.54, 1.807) is 42.5 Å². The van der Waals surface area contributed by atoms with Crippen molar-refractivity contribution in [3.8, 4) is 17.2 Å². The molecule has 0 fully saturated rings. The van der Waals surface area contributed by atoms with E-state index in [4.69, 9.17) is 10.5 Å². The van der Waals surface area contributed by atoms with Gasteiger partial charge in [-0.3, -0.25) is 5.73 Å². The largest absolute Gasteiger partial charge is 0.508 e. The quantitative estimate of drug-likeness (QED) is 0.731. The molecule has 0 bridgehead atoms. The number of ether oxygens (including phenoxy) is 1. The molecule has 4 heteroatoms. The van der Waals surface area contributed by atoms with Gasteiger partial charge in [0.2, 0.25) is 0 Å². The first-order chi connectivity index (χ1) is 9.13. The maximum absolute atomic E-state index is 9.42. The summed E-state index contributed by atoms with van der Waals surface area (Å²) in [6.45, 7) is 0. The molecular formula is C15H13NO3. The van der Waals surface area contributed by atoms with Gasteiger partial charge in [-0.2, -0.15) is 0 Å². The minimum Gasteiger partial charge on any atom is -0.508 e. The summed E-state index contributed by atoms with van der Waals surface area (Å²) >= 11 is 0. The molecule has 0 radical (unpaired) electrons. The van der Waals surface area contributed by atoms with E-state index >= 15 is 0 Å². The van der Waals surface area contributed by atoms with Gasteiger partial charge in [-0.25, -0.2) is 0 Å². The highest BCUT2D eigenvalue weighted by Gasteiger charge is 2.20. The van der Waals surface area contributed by atoms with Crippen LogP contribution in [0.25, 0.3) is 11.6 Å². The van der Waals surface area contributed by atoms with Crippen LogP contribution < -0.4 is 10.5 Å². The van der Waals surface area contributed by atoms with Gasteiger partial charge in [-0.05, 0) is 35.9 Å². The molecule has 0 aliphatic carbocycles. The monoisotopic (exact) mass is 255 g/mol. The summed E-state index contributed by atoms with van der Waals surface area (Å²) in [6, 6.07) is 11.7. The number of benzene rings is 2. The van der Waals surface area contributed by atoms with E-state index in [1.807, 2.05) is 6.08 Å². The third kappa shape index (κ3) is 2.13. The zero-order chi connectivity index (χ0) is 13.4. The molecule has 0 spiro atoms. The number of aromatic hydroxyl groups is 2. The number of fused-ring (bicyclic) bond motifs is 1. The summed E-state index contributed by atoms with van der Waals surface area (Å²) in [5, 5.41) is 18.7. The van der Waals surface area contributed by atoms with Crippen LogP contribution in [-0.4, -0.2) is 16.4 Å². The lowest BCUT2D eigenvalue weighted by atomic mass is 9.98. The fourth-order valence-corrected chi connectivity index (χ4v) is 2.10. The Labute approximate surface area is 110 Å². The molecule has 2 aromatic rings. The first kappa shape index (κ1) is 11.6. The van der Waals surface area contributed by atoms with Gasteiger partial charge in [0.15, 0.2) is 6.23 Å². The van der Waals surface area contributed by atoms with Gasteiger partial charge in [-0.1, -0.05) is 12.1 Å². The Bertz CT molecular complexity index is 647. The van der Waals surface area contributed by atoms with Crippen LogP contribution in [0.5, 0.6) is 17.2 Å². The van der Waals surface area contributed by atoms with Crippen LogP contribution in [-0.2, 0) is 0 Å². The normalized spacial score (nSPS) is 17.3. The Kier molecular flexibility index (Phi) is 2.65. The molecule has 0 amide bonds. The molecule has 3 rings (SSSR count). The van der Waals surface area contributed by atoms with Crippen molar-refractivity contribution in [3.05, 3.63) is 53.6 Å². The lowest BCUT2D eigenvalue weighted by Crippen LogP contribution is -2.30. The average molecular weight is 255 g/mol. The van der Waals surface area contributed by atoms with Crippen molar-refractivity contribution in [3.63, 3.8) is 0 Å². The van der Waals surface area contributed by atoms with E-state index in [2.05, 4.69) is 0 Å². The zero-order valence-corrected chi connectivity index (χ0v) is 10.1. The summed E-state index contributed by atoms with van der Waals surface area (Å²) < 4.78 is 5.60. The van der Waals surface area contributed by atoms with Gasteiger partial charge in [0.1, 0.15) is 17.2 Å². The van der Waals surface area contributed by atoms with E-state index in [-0.39, 0.29) is 11.5 Å². The van der Waals surface area contributed by atoms with E-state index in [0.29, 0.717) is 5.75 Å². The maximum Gasteiger partial charge on any atom is 0.174 e. The molecule has 1 unspecified atom stereocenters. The SMILES string of the molecule is NC1Oc2cc(O)ccc2C=C1c1ccc(O)cc1. The lowest BCUT2D eigenvalue weighted by Gasteiger charge is -2.24. The molecule has 1 heterocycles. The molecule has 1 aliphatic heterocycles. The van der Waals surface area contributed by atoms with Crippen molar-refractivity contribution in [1.29, 1.82) is 0 Å². The third-order valence-corrected chi connectivity index (χ3v) is 3.07. The lowest BCUT2D eigenvalue weighted by molar-refractivity contribution is 0.262. The summed E-state index contributed by atoms with van der Waals surface area (Å²) in [6.07, 6.45) is 1.33. The molecule has 19 heavy (non-hydrogen) atoms. The van der Waals surface area contributed by atoms with Gasteiger partial charge in [0.05, 0.1) is 0 Å². The number of hydrogen-bond acceptors (Lipinski definition) is 4. The van der Waals surface area contributed by atoms with Crippen LogP contribution in [0.15, 0.2) is 42.5 Å². The zero-order valence-electron chi connectivity index (χ0n) is 10.1. The first-order valence-electron chi connectivity index (χ1n) is 5.90. The number of rotatable bonds is 1. The topological polar surface area (TPSA) is 75.7 Å². The Morgan fingerprint density at radius 1 is 0.947 bits per heavy atom. The second kappa shape index (κ2) is 4.33. The van der Waals surface area contributed by atoms with Crippen molar-refractivity contribution in [2.45, 2.75) is 6.23 Å². The Hall–Kier alpha value is -2.46. The predicted octanol–water partition coefficient (Wildman–Crippen LogP) is 2.32. The molecule has 96 valence electrons. The third-order valence-electron chi connectivity index (χ3n) is 3.07. The van der Waals surface area contributed by atoms with Crippen LogP contribution in [0.2, 0.25) is 0 Å². The molecule has 0 saturated heterocycles. The number of hydrogen-bond donors (Lipinski definition) is 3. The Morgan fingerprint density at radius 2 is 1.63 bits per heavy atom. The van der Waals surface area contributed by atoms with Gasteiger partial charge in [-0.15, -0.1) is 0 Å². The highest BCUT2D eigenvalue weighted by Crippen LogP contribution is 2.35. The standard InChI is InChI=1S/C15H13NO3/c16-15-13(9-1-4-11(17)5-2-9)7-10-3-6-12(18)8-14(10)19-15/h1-8,15,17-18H,16H2. The Balaban J connectivity index is 2.06. The van der Waals surface area contributed by atoms with Crippen LogP contribution in [0.4, 0.5) is 0 Å². The van der Waals surface area contributed by atoms with Crippen molar-refractivity contribution < 1.29 is 14.9 Å². The molecular weight excluding hydrogens is 242 g/mol. The average Bonchev–Trinajstić information content (AvgIpc) is 2.39. The fraction of sp³-hybridized carbons (Fsp3) is 0.0667. The van der Waals surface area contributed by atoms with Gasteiger partial charge < -0.3 is 14.9 Å². The molecule has 2 aromatic carbocycles. The summed E-state index contributed by atoms with van der Waals surface area (Å²) in [5.41, 5.74) is 8.57. The minimum atomic E-state index is -0.598. The highest BCUT2D eigenvalue weighted by atomic mass is 16.5. The molecule has 4 nitrogen and oxygen atoms in total. The van der Waals surface area contributed by atoms with E-state index < -0.39 is 6.23 Å². The van der Waals surface area contributed by atoms with Crippen LogP contribution in [0.1, 0.15) is 11.1 Å². The van der Waals surface area contributed by atoms with Gasteiger partial charge in [0, 0.05) is 17.2 Å². The molecule has 1 atom stereocenters. The van der Waals surface area contributed by atoms with Crippen LogP contribution in [0.3, 0.4) is 0 Å². The summed E-state index contributed by atoms with van der Waals surface area (Å²) in [7, 11) is 0. The van der Waals surface area contributed by atoms with Crippen LogP contribution in [0, 0.1) is 0 Å². The number of phenolic OH excluding ortho intramolecular Hbond substituents is 2. The van der Waals surface area contributed by atoms with Gasteiger partial charge in [0.25, 0.3) is 0 Å². The van der Waals surface area contributed by atoms with Crippen LogP contribution >= 0.6 is 0 Å². The second-order valence-corrected chi connectivity index (χ2v) is 4.41. The highest BCUT2D eigenvalue weighted by molar-refractivity contribution is 5.87. The maximum atomic E-state index is 9.42. The second-order valence-electron chi connectivity index (χ2n) is 4.41. The molecule has 0 saturated carbocycles. The summed E-state index contributed by atoms with van der Waals surface area (Å²) in [5.74, 6) is 0.919. The molecule has 1 aliphatic rings. The fourth-order valence-electron chi connectivity index (χ4n) is 2.10. The van der Waals surface area contributed by atoms with E-state index in [1.165, 1.54) is 0 Å². The van der Waals surface area contributed by atoms with Crippen molar-refractivity contribution in [1.82, 2.24) is 0 Å². The predicted molar refractivity (Wildman–Crippen MR) is 72.7 cm³/mol. The number of nitrogens with two attached hydrogens (primary N) is 1. The summed E-state index contributed by atoms with van der Waals surface area (Å²) in [4.78, 5) is 0. The smallest absolute Gasteiger partial charge is 0.174 e. The molecule has 4 N–H and O–H groups in total. The minimum absolute atomic E-state index is 0.146. The molecule has 0 aromatic heterocycles. The Morgan fingerprint density at radius 3 is 2.37 bits per heavy atom. The first-order valence-corrected chi connectivity index (χ1v) is 5.90. The van der Waals surface area contributed by atoms with E-state index in [9.17, 15) is 10.2 Å². The van der Waals surface area contributed by atoms with Crippen molar-refractivity contribution in [2.24, 2.45) is 5.73 Å². The van der Waals surface area contributed by atoms with E-state index in [0.717, 1.165) is 16.7 Å². The van der Waals surface area contributed by atoms with Gasteiger partial charge >= 0.3 is 0 Å². The van der Waals surface area contributed by atoms with Crippen molar-refractivity contribution in [2.75, 3.05) is 0 Å². The number of phenols is 2.